The van der Waals surface area contributed by atoms with Crippen molar-refractivity contribution >= 4 is 17.3 Å². The van der Waals surface area contributed by atoms with Gasteiger partial charge in [-0.15, -0.1) is 10.2 Å². The number of carbonyl (C=O) groups is 1. The van der Waals surface area contributed by atoms with Gasteiger partial charge in [0.2, 0.25) is 5.88 Å². The highest BCUT2D eigenvalue weighted by Gasteiger charge is 2.33. The Balaban J connectivity index is 1.66. The molecule has 0 radical (unpaired) electrons. The number of benzene rings is 1. The van der Waals surface area contributed by atoms with Crippen LogP contribution in [0.5, 0.6) is 5.88 Å². The summed E-state index contributed by atoms with van der Waals surface area (Å²) in [6.07, 6.45) is 11.5. The van der Waals surface area contributed by atoms with E-state index in [1.165, 1.54) is 44.6 Å². The number of amides is 1. The molecule has 0 aliphatic heterocycles. The third-order valence-corrected chi connectivity index (χ3v) is 6.75. The maximum absolute atomic E-state index is 13.9. The molecule has 2 saturated carbocycles. The molecule has 2 aromatic rings. The van der Waals surface area contributed by atoms with Crippen molar-refractivity contribution in [1.82, 2.24) is 9.88 Å². The van der Waals surface area contributed by atoms with Crippen LogP contribution >= 0.6 is 0 Å². The van der Waals surface area contributed by atoms with Crippen molar-refractivity contribution in [2.24, 2.45) is 10.2 Å². The molecular formula is C25H32N4O3. The van der Waals surface area contributed by atoms with E-state index in [1.54, 1.807) is 13.0 Å². The quantitative estimate of drug-likeness (QED) is 0.570. The molecule has 32 heavy (non-hydrogen) atoms. The Labute approximate surface area is 188 Å². The monoisotopic (exact) mass is 436 g/mol. The maximum Gasteiger partial charge on any atom is 0.256 e. The van der Waals surface area contributed by atoms with Gasteiger partial charge in [0.25, 0.3) is 11.5 Å². The zero-order chi connectivity index (χ0) is 22.5. The van der Waals surface area contributed by atoms with Gasteiger partial charge < -0.3 is 10.0 Å². The van der Waals surface area contributed by atoms with E-state index in [0.29, 0.717) is 16.8 Å². The summed E-state index contributed by atoms with van der Waals surface area (Å²) in [5.74, 6) is -0.297. The highest BCUT2D eigenvalue weighted by molar-refractivity contribution is 5.99. The maximum atomic E-state index is 13.9. The first-order valence-corrected chi connectivity index (χ1v) is 11.8. The normalized spacial score (nSPS) is 18.2. The van der Waals surface area contributed by atoms with E-state index in [0.717, 1.165) is 25.7 Å². The van der Waals surface area contributed by atoms with Gasteiger partial charge in [-0.3, -0.25) is 14.6 Å². The van der Waals surface area contributed by atoms with E-state index >= 15 is 0 Å². The van der Waals surface area contributed by atoms with Crippen molar-refractivity contribution in [2.45, 2.75) is 83.2 Å². The minimum absolute atomic E-state index is 0.0285. The second-order valence-electron chi connectivity index (χ2n) is 9.03. The summed E-state index contributed by atoms with van der Waals surface area (Å²) in [6.45, 7) is 1.69. The van der Waals surface area contributed by atoms with Gasteiger partial charge in [-0.1, -0.05) is 50.7 Å². The van der Waals surface area contributed by atoms with Crippen molar-refractivity contribution in [3.05, 3.63) is 51.8 Å². The van der Waals surface area contributed by atoms with Crippen LogP contribution < -0.4 is 5.56 Å². The summed E-state index contributed by atoms with van der Waals surface area (Å²) in [6, 6.07) is 9.21. The summed E-state index contributed by atoms with van der Waals surface area (Å²) in [5, 5.41) is 18.6. The SMILES string of the molecule is Cc1cc(=O)[nH]c(O)c1/N=N/c1ccccc1C(=O)N(C1CCCCC1)C1CCCCC1. The van der Waals surface area contributed by atoms with Gasteiger partial charge in [0.15, 0.2) is 0 Å². The Morgan fingerprint density at radius 3 is 2.16 bits per heavy atom. The highest BCUT2D eigenvalue weighted by Crippen LogP contribution is 2.34. The van der Waals surface area contributed by atoms with Crippen LogP contribution in [-0.4, -0.2) is 33.0 Å². The lowest BCUT2D eigenvalue weighted by Gasteiger charge is -2.42. The van der Waals surface area contributed by atoms with Gasteiger partial charge in [0.05, 0.1) is 11.3 Å². The first-order valence-electron chi connectivity index (χ1n) is 11.8. The summed E-state index contributed by atoms with van der Waals surface area (Å²) in [4.78, 5) is 29.9. The fraction of sp³-hybridized carbons (Fsp3) is 0.520. The number of carbonyl (C=O) groups excluding carboxylic acids is 1. The van der Waals surface area contributed by atoms with Crippen LogP contribution in [0.25, 0.3) is 0 Å². The van der Waals surface area contributed by atoms with Crippen LogP contribution in [-0.2, 0) is 0 Å². The van der Waals surface area contributed by atoms with Gasteiger partial charge in [0, 0.05) is 18.2 Å². The molecule has 4 rings (SSSR count). The number of pyridine rings is 1. The summed E-state index contributed by atoms with van der Waals surface area (Å²) >= 11 is 0. The molecule has 170 valence electrons. The fourth-order valence-corrected chi connectivity index (χ4v) is 5.12. The van der Waals surface area contributed by atoms with Crippen LogP contribution in [0, 0.1) is 6.92 Å². The van der Waals surface area contributed by atoms with Gasteiger partial charge in [-0.05, 0) is 50.3 Å². The number of hydrogen-bond donors (Lipinski definition) is 2. The third kappa shape index (κ3) is 4.92. The van der Waals surface area contributed by atoms with E-state index in [-0.39, 0.29) is 29.6 Å². The van der Waals surface area contributed by atoms with Crippen LogP contribution in [0.3, 0.4) is 0 Å². The van der Waals surface area contributed by atoms with Crippen LogP contribution in [0.4, 0.5) is 11.4 Å². The lowest BCUT2D eigenvalue weighted by atomic mass is 9.88. The lowest BCUT2D eigenvalue weighted by molar-refractivity contribution is 0.0449. The number of aryl methyl sites for hydroxylation is 1. The molecule has 0 atom stereocenters. The molecule has 1 heterocycles. The average Bonchev–Trinajstić information content (AvgIpc) is 2.80. The van der Waals surface area contributed by atoms with Gasteiger partial charge in [-0.2, -0.15) is 0 Å². The molecule has 0 bridgehead atoms. The molecular weight excluding hydrogens is 404 g/mol. The standard InChI is InChI=1S/C25H32N4O3/c1-17-16-22(30)26-24(31)23(17)28-27-21-15-9-8-14-20(21)25(32)29(18-10-4-2-5-11-18)19-12-6-3-7-13-19/h8-9,14-16,18-19H,2-7,10-13H2,1H3,(H2,26,30,31)/b28-27+. The van der Waals surface area contributed by atoms with Crippen molar-refractivity contribution < 1.29 is 9.90 Å². The number of rotatable bonds is 5. The molecule has 0 spiro atoms. The Bertz CT molecular complexity index is 989. The Hall–Kier alpha value is -2.96. The number of H-pyrrole nitrogens is 1. The Morgan fingerprint density at radius 2 is 1.56 bits per heavy atom. The molecule has 0 saturated heterocycles. The molecule has 2 aliphatic rings. The molecule has 7 heteroatoms. The van der Waals surface area contributed by atoms with Gasteiger partial charge >= 0.3 is 0 Å². The van der Waals surface area contributed by atoms with Crippen LogP contribution in [0.2, 0.25) is 0 Å². The highest BCUT2D eigenvalue weighted by atomic mass is 16.3. The number of aromatic amines is 1. The molecule has 1 aromatic carbocycles. The average molecular weight is 437 g/mol. The Kier molecular flexibility index (Phi) is 7.02. The van der Waals surface area contributed by atoms with Crippen LogP contribution in [0.15, 0.2) is 45.4 Å². The number of nitrogens with one attached hydrogen (secondary N) is 1. The smallest absolute Gasteiger partial charge is 0.256 e. The van der Waals surface area contributed by atoms with Crippen LogP contribution in [0.1, 0.15) is 80.1 Å². The Morgan fingerprint density at radius 1 is 0.969 bits per heavy atom. The molecule has 2 aliphatic carbocycles. The van der Waals surface area contributed by atoms with Crippen molar-refractivity contribution in [3.63, 3.8) is 0 Å². The lowest BCUT2D eigenvalue weighted by Crippen LogP contribution is -2.48. The molecule has 0 unspecified atom stereocenters. The van der Waals surface area contributed by atoms with E-state index in [2.05, 4.69) is 20.1 Å². The van der Waals surface area contributed by atoms with E-state index in [4.69, 9.17) is 0 Å². The largest absolute Gasteiger partial charge is 0.493 e. The number of hydrogen-bond acceptors (Lipinski definition) is 5. The first kappa shape index (κ1) is 22.2. The van der Waals surface area contributed by atoms with E-state index in [9.17, 15) is 14.7 Å². The topological polar surface area (TPSA) is 98.1 Å². The first-order chi connectivity index (χ1) is 15.5. The zero-order valence-electron chi connectivity index (χ0n) is 18.7. The second-order valence-corrected chi connectivity index (χ2v) is 9.03. The van der Waals surface area contributed by atoms with Crippen molar-refractivity contribution in [3.8, 4) is 5.88 Å². The molecule has 1 amide bonds. The summed E-state index contributed by atoms with van der Waals surface area (Å²) < 4.78 is 0. The molecule has 1 aromatic heterocycles. The van der Waals surface area contributed by atoms with Crippen molar-refractivity contribution in [2.75, 3.05) is 0 Å². The van der Waals surface area contributed by atoms with E-state index in [1.807, 2.05) is 18.2 Å². The molecule has 2 fully saturated rings. The number of azo groups is 1. The minimum atomic E-state index is -0.398. The molecule has 2 N–H and O–H groups in total. The summed E-state index contributed by atoms with van der Waals surface area (Å²) in [7, 11) is 0. The van der Waals surface area contributed by atoms with Gasteiger partial charge in [-0.25, -0.2) is 0 Å². The fourth-order valence-electron chi connectivity index (χ4n) is 5.12. The third-order valence-electron chi connectivity index (χ3n) is 6.75. The van der Waals surface area contributed by atoms with Gasteiger partial charge in [0.1, 0.15) is 5.69 Å². The van der Waals surface area contributed by atoms with E-state index < -0.39 is 5.56 Å². The minimum Gasteiger partial charge on any atom is -0.493 e. The number of aromatic nitrogens is 1. The van der Waals surface area contributed by atoms with Crippen molar-refractivity contribution in [1.29, 1.82) is 0 Å². The predicted molar refractivity (Wildman–Crippen MR) is 124 cm³/mol. The number of aromatic hydroxyl groups is 1. The predicted octanol–water partition coefficient (Wildman–Crippen LogP) is 5.91. The summed E-state index contributed by atoms with van der Waals surface area (Å²) in [5.41, 5.74) is 1.33. The molecule has 7 nitrogen and oxygen atoms in total. The second kappa shape index (κ2) is 10.1. The zero-order valence-corrected chi connectivity index (χ0v) is 18.7. The number of nitrogens with zero attached hydrogens (tertiary/aromatic N) is 3.